The van der Waals surface area contributed by atoms with Crippen LogP contribution in [0.2, 0.25) is 0 Å². The first-order valence-corrected chi connectivity index (χ1v) is 8.08. The summed E-state index contributed by atoms with van der Waals surface area (Å²) in [5.41, 5.74) is 9.00. The van der Waals surface area contributed by atoms with Gasteiger partial charge in [-0.3, -0.25) is 0 Å². The van der Waals surface area contributed by atoms with Crippen LogP contribution in [0.4, 0.5) is 11.4 Å². The van der Waals surface area contributed by atoms with Crippen molar-refractivity contribution < 1.29 is 8.42 Å². The fourth-order valence-electron chi connectivity index (χ4n) is 2.30. The fourth-order valence-corrected chi connectivity index (χ4v) is 2.94. The summed E-state index contributed by atoms with van der Waals surface area (Å²) >= 11 is 0. The third kappa shape index (κ3) is 3.53. The minimum absolute atomic E-state index is 0.0587. The molecular weight excluding hydrogens is 286 g/mol. The maximum absolute atomic E-state index is 11.3. The van der Waals surface area contributed by atoms with E-state index in [9.17, 15) is 8.42 Å². The van der Waals surface area contributed by atoms with Crippen LogP contribution in [0.15, 0.2) is 47.4 Å². The second kappa shape index (κ2) is 5.75. The molecule has 21 heavy (non-hydrogen) atoms. The average molecular weight is 305 g/mol. The Morgan fingerprint density at radius 2 is 1.81 bits per heavy atom. The Kier molecular flexibility index (Phi) is 4.20. The maximum Gasteiger partial charge on any atom is 0.240 e. The Bertz CT molecular complexity index is 757. The number of nitrogens with two attached hydrogens (primary N) is 2. The first-order chi connectivity index (χ1) is 9.79. The molecule has 0 saturated heterocycles. The van der Waals surface area contributed by atoms with Crippen molar-refractivity contribution >= 4 is 21.4 Å². The van der Waals surface area contributed by atoms with Gasteiger partial charge in [0.15, 0.2) is 0 Å². The topological polar surface area (TPSA) is 98.2 Å². The molecule has 2 rings (SSSR count). The fraction of sp³-hybridized carbons (Fsp3) is 0.200. The normalized spacial score (nSPS) is 12.9. The average Bonchev–Trinajstić information content (AvgIpc) is 2.37. The Morgan fingerprint density at radius 3 is 2.38 bits per heavy atom. The van der Waals surface area contributed by atoms with Gasteiger partial charge in [-0.05, 0) is 43.2 Å². The number of aryl methyl sites for hydroxylation is 1. The highest BCUT2D eigenvalue weighted by Crippen LogP contribution is 2.26. The molecule has 2 aromatic carbocycles. The van der Waals surface area contributed by atoms with Gasteiger partial charge < -0.3 is 11.1 Å². The molecule has 6 heteroatoms. The Morgan fingerprint density at radius 1 is 1.14 bits per heavy atom. The van der Waals surface area contributed by atoms with Gasteiger partial charge >= 0.3 is 0 Å². The van der Waals surface area contributed by atoms with Gasteiger partial charge in [0.2, 0.25) is 10.0 Å². The van der Waals surface area contributed by atoms with Gasteiger partial charge in [-0.25, -0.2) is 13.6 Å². The third-order valence-corrected chi connectivity index (χ3v) is 4.34. The van der Waals surface area contributed by atoms with Gasteiger partial charge in [0.05, 0.1) is 5.69 Å². The molecule has 5 nitrogen and oxygen atoms in total. The predicted octanol–water partition coefficient (Wildman–Crippen LogP) is 2.40. The largest absolute Gasteiger partial charge is 0.398 e. The number of hydrogen-bond donors (Lipinski definition) is 3. The van der Waals surface area contributed by atoms with Crippen LogP contribution in [0.3, 0.4) is 0 Å². The molecule has 0 aromatic heterocycles. The molecule has 0 amide bonds. The number of hydrogen-bond acceptors (Lipinski definition) is 4. The number of anilines is 2. The molecule has 0 saturated carbocycles. The molecule has 1 unspecified atom stereocenters. The number of primary sulfonamides is 1. The van der Waals surface area contributed by atoms with Gasteiger partial charge in [0.25, 0.3) is 0 Å². The molecule has 0 aliphatic carbocycles. The van der Waals surface area contributed by atoms with E-state index in [1.807, 2.05) is 32.0 Å². The van der Waals surface area contributed by atoms with E-state index in [-0.39, 0.29) is 16.6 Å². The first-order valence-electron chi connectivity index (χ1n) is 6.53. The van der Waals surface area contributed by atoms with Crippen molar-refractivity contribution in [1.29, 1.82) is 0 Å². The summed E-state index contributed by atoms with van der Waals surface area (Å²) in [6.07, 6.45) is 0. The summed E-state index contributed by atoms with van der Waals surface area (Å²) in [7, 11) is -3.79. The first kappa shape index (κ1) is 15.3. The van der Waals surface area contributed by atoms with Crippen LogP contribution in [0.25, 0.3) is 0 Å². The summed E-state index contributed by atoms with van der Waals surface area (Å²) in [5.74, 6) is 0. The van der Waals surface area contributed by atoms with Crippen molar-refractivity contribution in [2.45, 2.75) is 24.8 Å². The van der Waals surface area contributed by atoms with Crippen molar-refractivity contribution in [3.05, 3.63) is 53.6 Å². The molecule has 0 heterocycles. The quantitative estimate of drug-likeness (QED) is 0.755. The molecule has 112 valence electrons. The summed E-state index contributed by atoms with van der Waals surface area (Å²) < 4.78 is 22.7. The monoisotopic (exact) mass is 305 g/mol. The lowest BCUT2D eigenvalue weighted by molar-refractivity contribution is 0.598. The number of nitrogen functional groups attached to an aromatic ring is 1. The van der Waals surface area contributed by atoms with Gasteiger partial charge in [-0.15, -0.1) is 0 Å². The van der Waals surface area contributed by atoms with Crippen molar-refractivity contribution in [2.24, 2.45) is 5.14 Å². The highest BCUT2D eigenvalue weighted by atomic mass is 32.2. The van der Waals surface area contributed by atoms with Gasteiger partial charge in [0, 0.05) is 11.7 Å². The van der Waals surface area contributed by atoms with Crippen molar-refractivity contribution in [3.63, 3.8) is 0 Å². The second-order valence-electron chi connectivity index (χ2n) is 5.02. The lowest BCUT2D eigenvalue weighted by atomic mass is 10.0. The summed E-state index contributed by atoms with van der Waals surface area (Å²) in [4.78, 5) is -0.0587. The molecule has 0 aliphatic rings. The van der Waals surface area contributed by atoms with Crippen LogP contribution < -0.4 is 16.2 Å². The molecule has 1 atom stereocenters. The molecule has 5 N–H and O–H groups in total. The number of nitrogens with one attached hydrogen (secondary N) is 1. The Labute approximate surface area is 125 Å². The van der Waals surface area contributed by atoms with E-state index >= 15 is 0 Å². The number of sulfonamides is 1. The second-order valence-corrected chi connectivity index (χ2v) is 6.55. The lowest BCUT2D eigenvalue weighted by Gasteiger charge is -2.18. The molecular formula is C15H19N3O2S. The zero-order valence-electron chi connectivity index (χ0n) is 12.0. The van der Waals surface area contributed by atoms with Gasteiger partial charge in [-0.2, -0.15) is 0 Å². The van der Waals surface area contributed by atoms with Crippen molar-refractivity contribution in [1.82, 2.24) is 0 Å². The number of benzene rings is 2. The summed E-state index contributed by atoms with van der Waals surface area (Å²) in [5, 5.41) is 8.39. The van der Waals surface area contributed by atoms with Gasteiger partial charge in [0.1, 0.15) is 4.90 Å². The summed E-state index contributed by atoms with van der Waals surface area (Å²) in [6.45, 7) is 4.08. The Hall–Kier alpha value is -2.05. The van der Waals surface area contributed by atoms with E-state index in [0.29, 0.717) is 0 Å². The molecule has 0 spiro atoms. The van der Waals surface area contributed by atoms with E-state index in [2.05, 4.69) is 11.4 Å². The minimum Gasteiger partial charge on any atom is -0.398 e. The smallest absolute Gasteiger partial charge is 0.240 e. The van der Waals surface area contributed by atoms with E-state index in [4.69, 9.17) is 10.9 Å². The maximum atomic E-state index is 11.3. The van der Waals surface area contributed by atoms with Crippen molar-refractivity contribution in [3.8, 4) is 0 Å². The summed E-state index contributed by atoms with van der Waals surface area (Å²) in [6, 6.07) is 12.8. The number of rotatable bonds is 4. The standard InChI is InChI=1S/C15H19N3O2S/c1-10-5-3-4-6-13(10)11(2)18-12-7-8-15(14(16)9-12)21(17,19)20/h3-9,11,18H,16H2,1-2H3,(H2,17,19,20). The molecule has 2 aromatic rings. The van der Waals surface area contributed by atoms with E-state index in [0.717, 1.165) is 5.69 Å². The van der Waals surface area contributed by atoms with Crippen LogP contribution in [0.5, 0.6) is 0 Å². The molecule has 0 aliphatic heterocycles. The van der Waals surface area contributed by atoms with Crippen LogP contribution in [-0.2, 0) is 10.0 Å². The lowest BCUT2D eigenvalue weighted by Crippen LogP contribution is -2.15. The highest BCUT2D eigenvalue weighted by Gasteiger charge is 2.13. The molecule has 0 fully saturated rings. The zero-order chi connectivity index (χ0) is 15.6. The third-order valence-electron chi connectivity index (χ3n) is 3.35. The Balaban J connectivity index is 2.25. The highest BCUT2D eigenvalue weighted by molar-refractivity contribution is 7.89. The predicted molar refractivity (Wildman–Crippen MR) is 85.4 cm³/mol. The van der Waals surface area contributed by atoms with E-state index in [1.54, 1.807) is 12.1 Å². The van der Waals surface area contributed by atoms with Crippen LogP contribution in [-0.4, -0.2) is 8.42 Å². The van der Waals surface area contributed by atoms with Crippen LogP contribution >= 0.6 is 0 Å². The van der Waals surface area contributed by atoms with E-state index in [1.165, 1.54) is 17.2 Å². The molecule has 0 radical (unpaired) electrons. The van der Waals surface area contributed by atoms with Crippen LogP contribution in [0.1, 0.15) is 24.1 Å². The minimum atomic E-state index is -3.79. The molecule has 0 bridgehead atoms. The van der Waals surface area contributed by atoms with E-state index < -0.39 is 10.0 Å². The van der Waals surface area contributed by atoms with Crippen molar-refractivity contribution in [2.75, 3.05) is 11.1 Å². The SMILES string of the molecule is Cc1ccccc1C(C)Nc1ccc(S(N)(=O)=O)c(N)c1. The van der Waals surface area contributed by atoms with Gasteiger partial charge in [-0.1, -0.05) is 24.3 Å². The van der Waals surface area contributed by atoms with Crippen LogP contribution in [0, 0.1) is 6.92 Å². The zero-order valence-corrected chi connectivity index (χ0v) is 12.8.